The normalized spacial score (nSPS) is 18.5. The predicted octanol–water partition coefficient (Wildman–Crippen LogP) is 17.6. The van der Waals surface area contributed by atoms with Gasteiger partial charge >= 0.3 is 5.97 Å². The summed E-state index contributed by atoms with van der Waals surface area (Å²) in [4.78, 5) is 25.1. The van der Waals surface area contributed by atoms with Crippen LogP contribution in [0.5, 0.6) is 0 Å². The maximum absolute atomic E-state index is 13.0. The number of amides is 1. The van der Waals surface area contributed by atoms with Crippen molar-refractivity contribution in [1.82, 2.24) is 5.32 Å². The maximum atomic E-state index is 13.0. The molecule has 1 aliphatic rings. The molecule has 0 aromatic carbocycles. The van der Waals surface area contributed by atoms with Gasteiger partial charge in [-0.3, -0.25) is 9.59 Å². The monoisotopic (exact) mass is 1160 g/mol. The zero-order valence-corrected chi connectivity index (χ0v) is 53.2. The quantitative estimate of drug-likeness (QED) is 0.0195. The molecule has 0 saturated carbocycles. The summed E-state index contributed by atoms with van der Waals surface area (Å²) in [6.07, 6.45) is 68.2. The lowest BCUT2D eigenvalue weighted by Crippen LogP contribution is -2.60. The molecule has 1 rings (SSSR count). The number of hydrogen-bond acceptors (Lipinski definition) is 10. The minimum absolute atomic E-state index is 0.00502. The van der Waals surface area contributed by atoms with E-state index in [1.165, 1.54) is 238 Å². The number of rotatable bonds is 61. The number of unbranched alkanes of at least 4 members (excludes halogenated alkanes) is 41. The van der Waals surface area contributed by atoms with Gasteiger partial charge < -0.3 is 45.1 Å². The number of nitrogens with one attached hydrogen (secondary N) is 1. The second kappa shape index (κ2) is 60.3. The SMILES string of the molecule is CCCCC/C=C\CCCCCCCC(=O)OCCCCCCCCCCC/C=C\C/C=C\CCCCCCCCCCCCCCCCCC(=O)NC(COC1OC(CO)C(O)C(O)C1O)C(O)/C=C/CCCCCCCCCCC. The van der Waals surface area contributed by atoms with Crippen LogP contribution >= 0.6 is 0 Å². The van der Waals surface area contributed by atoms with Gasteiger partial charge in [0.05, 0.1) is 32.0 Å². The number of aliphatic hydroxyl groups is 5. The van der Waals surface area contributed by atoms with Gasteiger partial charge in [0.25, 0.3) is 0 Å². The molecule has 480 valence electrons. The molecule has 1 heterocycles. The molecular formula is C71H131NO10. The summed E-state index contributed by atoms with van der Waals surface area (Å²) in [5.74, 6) is -0.186. The van der Waals surface area contributed by atoms with Crippen LogP contribution in [-0.2, 0) is 23.8 Å². The van der Waals surface area contributed by atoms with Crippen LogP contribution in [0.25, 0.3) is 0 Å². The average molecular weight is 1160 g/mol. The van der Waals surface area contributed by atoms with Gasteiger partial charge in [-0.15, -0.1) is 0 Å². The van der Waals surface area contributed by atoms with E-state index >= 15 is 0 Å². The van der Waals surface area contributed by atoms with E-state index in [0.29, 0.717) is 19.4 Å². The summed E-state index contributed by atoms with van der Waals surface area (Å²) in [6, 6.07) is -0.809. The highest BCUT2D eigenvalue weighted by Gasteiger charge is 2.44. The molecule has 0 spiro atoms. The van der Waals surface area contributed by atoms with Crippen LogP contribution in [0, 0.1) is 0 Å². The van der Waals surface area contributed by atoms with Crippen molar-refractivity contribution in [2.75, 3.05) is 19.8 Å². The number of ether oxygens (including phenoxy) is 3. The highest BCUT2D eigenvalue weighted by atomic mass is 16.7. The van der Waals surface area contributed by atoms with Crippen molar-refractivity contribution >= 4 is 11.9 Å². The molecule has 11 nitrogen and oxygen atoms in total. The third kappa shape index (κ3) is 48.8. The molecule has 0 aliphatic carbocycles. The van der Waals surface area contributed by atoms with Crippen LogP contribution in [0.2, 0.25) is 0 Å². The molecule has 11 heteroatoms. The zero-order chi connectivity index (χ0) is 59.5. The van der Waals surface area contributed by atoms with Crippen molar-refractivity contribution in [1.29, 1.82) is 0 Å². The van der Waals surface area contributed by atoms with Gasteiger partial charge in [0, 0.05) is 12.8 Å². The summed E-state index contributed by atoms with van der Waals surface area (Å²) in [5, 5.41) is 54.4. The van der Waals surface area contributed by atoms with Crippen molar-refractivity contribution in [2.45, 2.75) is 371 Å². The first kappa shape index (κ1) is 77.6. The van der Waals surface area contributed by atoms with Crippen LogP contribution < -0.4 is 5.32 Å². The summed E-state index contributed by atoms with van der Waals surface area (Å²) in [7, 11) is 0. The standard InChI is InChI=1S/C71H131NO10/c1-3-5-7-9-11-13-15-39-43-47-51-55-59-67(76)80-60-56-52-48-44-40-36-34-32-30-28-26-24-22-20-18-16-17-19-21-23-25-27-29-31-33-35-38-42-46-50-54-58-66(75)72-63(62-81-71-70(79)69(78)68(77)65(61-73)82-71)64(74)57-53-49-45-41-37-14-12-10-8-6-4-2/h11,13,18,20,24,26,53,57,63-65,68-71,73-74,77-79H,3-10,12,14-17,19,21-23,25,27-52,54-56,58-62H2,1-2H3,(H,72,75)/b13-11-,20-18-,26-24-,57-53+. The molecular weight excluding hydrogens is 1030 g/mol. The first-order chi connectivity index (χ1) is 40.2. The lowest BCUT2D eigenvalue weighted by molar-refractivity contribution is -0.302. The molecule has 1 amide bonds. The number of carbonyl (C=O) groups is 2. The van der Waals surface area contributed by atoms with Crippen molar-refractivity contribution < 1.29 is 49.3 Å². The van der Waals surface area contributed by atoms with Gasteiger partial charge in [-0.2, -0.15) is 0 Å². The van der Waals surface area contributed by atoms with E-state index in [1.54, 1.807) is 6.08 Å². The fourth-order valence-corrected chi connectivity index (χ4v) is 10.9. The number of carbonyl (C=O) groups excluding carboxylic acids is 2. The van der Waals surface area contributed by atoms with E-state index in [1.807, 2.05) is 6.08 Å². The van der Waals surface area contributed by atoms with Gasteiger partial charge in [-0.05, 0) is 89.9 Å². The molecule has 1 aliphatic heterocycles. The van der Waals surface area contributed by atoms with Crippen molar-refractivity contribution in [3.05, 3.63) is 48.6 Å². The van der Waals surface area contributed by atoms with Crippen molar-refractivity contribution in [3.63, 3.8) is 0 Å². The molecule has 0 bridgehead atoms. The van der Waals surface area contributed by atoms with E-state index < -0.39 is 49.5 Å². The van der Waals surface area contributed by atoms with E-state index in [2.05, 4.69) is 55.6 Å². The highest BCUT2D eigenvalue weighted by Crippen LogP contribution is 2.23. The van der Waals surface area contributed by atoms with Crippen molar-refractivity contribution in [2.24, 2.45) is 0 Å². The Labute approximate surface area is 504 Å². The van der Waals surface area contributed by atoms with E-state index in [4.69, 9.17) is 14.2 Å². The average Bonchev–Trinajstić information content (AvgIpc) is 3.49. The van der Waals surface area contributed by atoms with Gasteiger partial charge in [-0.1, -0.05) is 274 Å². The Hall–Kier alpha value is -2.38. The minimum Gasteiger partial charge on any atom is -0.466 e. The van der Waals surface area contributed by atoms with Gasteiger partial charge in [-0.25, -0.2) is 0 Å². The second-order valence-electron chi connectivity index (χ2n) is 24.2. The Balaban J connectivity index is 1.96. The number of aliphatic hydroxyl groups excluding tert-OH is 5. The lowest BCUT2D eigenvalue weighted by atomic mass is 9.99. The highest BCUT2D eigenvalue weighted by molar-refractivity contribution is 5.76. The Morgan fingerprint density at radius 2 is 0.817 bits per heavy atom. The summed E-state index contributed by atoms with van der Waals surface area (Å²) < 4.78 is 16.7. The fourth-order valence-electron chi connectivity index (χ4n) is 10.9. The molecule has 7 atom stereocenters. The maximum Gasteiger partial charge on any atom is 0.305 e. The largest absolute Gasteiger partial charge is 0.466 e. The molecule has 0 aromatic rings. The summed E-state index contributed by atoms with van der Waals surface area (Å²) in [5.41, 5.74) is 0. The Kier molecular flexibility index (Phi) is 57.1. The summed E-state index contributed by atoms with van der Waals surface area (Å²) >= 11 is 0. The smallest absolute Gasteiger partial charge is 0.305 e. The van der Waals surface area contributed by atoms with Gasteiger partial charge in [0.2, 0.25) is 5.91 Å². The van der Waals surface area contributed by atoms with Crippen LogP contribution in [0.15, 0.2) is 48.6 Å². The van der Waals surface area contributed by atoms with Gasteiger partial charge in [0.15, 0.2) is 6.29 Å². The number of allylic oxidation sites excluding steroid dienone is 7. The van der Waals surface area contributed by atoms with E-state index in [-0.39, 0.29) is 18.5 Å². The van der Waals surface area contributed by atoms with Crippen LogP contribution in [0.1, 0.15) is 328 Å². The first-order valence-electron chi connectivity index (χ1n) is 34.9. The Bertz CT molecular complexity index is 1500. The Morgan fingerprint density at radius 3 is 1.27 bits per heavy atom. The zero-order valence-electron chi connectivity index (χ0n) is 53.2. The van der Waals surface area contributed by atoms with Crippen LogP contribution in [-0.4, -0.2) is 100 Å². The molecule has 1 fully saturated rings. The topological polar surface area (TPSA) is 175 Å². The third-order valence-corrected chi connectivity index (χ3v) is 16.4. The van der Waals surface area contributed by atoms with Crippen LogP contribution in [0.3, 0.4) is 0 Å². The Morgan fingerprint density at radius 1 is 0.451 bits per heavy atom. The van der Waals surface area contributed by atoms with Crippen molar-refractivity contribution in [3.8, 4) is 0 Å². The third-order valence-electron chi connectivity index (χ3n) is 16.4. The second-order valence-corrected chi connectivity index (χ2v) is 24.2. The van der Waals surface area contributed by atoms with E-state index in [0.717, 1.165) is 64.2 Å². The van der Waals surface area contributed by atoms with Crippen LogP contribution in [0.4, 0.5) is 0 Å². The lowest BCUT2D eigenvalue weighted by Gasteiger charge is -2.40. The molecule has 0 radical (unpaired) electrons. The molecule has 6 N–H and O–H groups in total. The molecule has 0 aromatic heterocycles. The molecule has 82 heavy (non-hydrogen) atoms. The fraction of sp³-hybridized carbons (Fsp3) is 0.859. The first-order valence-corrected chi connectivity index (χ1v) is 34.9. The molecule has 1 saturated heterocycles. The number of esters is 1. The predicted molar refractivity (Wildman–Crippen MR) is 343 cm³/mol. The summed E-state index contributed by atoms with van der Waals surface area (Å²) in [6.45, 7) is 4.32. The van der Waals surface area contributed by atoms with Gasteiger partial charge in [0.1, 0.15) is 24.4 Å². The minimum atomic E-state index is -1.57. The van der Waals surface area contributed by atoms with E-state index in [9.17, 15) is 35.1 Å². The molecule has 7 unspecified atom stereocenters. The number of hydrogen-bond donors (Lipinski definition) is 6.